The maximum absolute atomic E-state index is 12.7. The lowest BCUT2D eigenvalue weighted by molar-refractivity contribution is -0.137. The number of furan rings is 1. The first-order valence-corrected chi connectivity index (χ1v) is 8.19. The van der Waals surface area contributed by atoms with Crippen LogP contribution in [0.3, 0.4) is 0 Å². The van der Waals surface area contributed by atoms with Gasteiger partial charge < -0.3 is 15.1 Å². The Bertz CT molecular complexity index is 790. The van der Waals surface area contributed by atoms with Gasteiger partial charge in [0, 0.05) is 11.3 Å². The molecular weight excluding hydrogens is 357 g/mol. The van der Waals surface area contributed by atoms with Crippen LogP contribution in [-0.4, -0.2) is 17.1 Å². The number of carbonyl (C=O) groups is 2. The Morgan fingerprint density at radius 3 is 2.80 bits per heavy atom. The zero-order chi connectivity index (χ0) is 18.0. The van der Waals surface area contributed by atoms with Crippen LogP contribution in [0.4, 0.5) is 18.9 Å². The molecule has 1 aliphatic rings. The molecule has 1 atom stereocenters. The number of nitrogens with one attached hydrogen (secondary N) is 2. The average molecular weight is 370 g/mol. The van der Waals surface area contributed by atoms with Crippen molar-refractivity contribution in [2.24, 2.45) is 0 Å². The lowest BCUT2D eigenvalue weighted by atomic mass is 10.1. The van der Waals surface area contributed by atoms with Crippen molar-refractivity contribution in [3.63, 3.8) is 0 Å². The molecule has 5 nitrogen and oxygen atoms in total. The Kier molecular flexibility index (Phi) is 4.76. The number of carbonyl (C=O) groups excluding carboxylic acids is 2. The molecule has 0 radical (unpaired) electrons. The highest BCUT2D eigenvalue weighted by Crippen LogP contribution is 2.40. The van der Waals surface area contributed by atoms with E-state index in [-0.39, 0.29) is 24.6 Å². The van der Waals surface area contributed by atoms with E-state index in [4.69, 9.17) is 4.42 Å². The van der Waals surface area contributed by atoms with Crippen LogP contribution in [0, 0.1) is 0 Å². The van der Waals surface area contributed by atoms with Crippen molar-refractivity contribution in [2.45, 2.75) is 29.3 Å². The summed E-state index contributed by atoms with van der Waals surface area (Å²) in [7, 11) is 0. The molecule has 25 heavy (non-hydrogen) atoms. The number of halogens is 3. The van der Waals surface area contributed by atoms with Crippen molar-refractivity contribution < 1.29 is 27.2 Å². The van der Waals surface area contributed by atoms with Crippen molar-refractivity contribution in [3.05, 3.63) is 47.9 Å². The number of benzene rings is 1. The summed E-state index contributed by atoms with van der Waals surface area (Å²) in [6, 6.07) is 6.55. The van der Waals surface area contributed by atoms with Gasteiger partial charge in [0.25, 0.3) is 0 Å². The molecule has 1 aromatic carbocycles. The van der Waals surface area contributed by atoms with Gasteiger partial charge >= 0.3 is 6.18 Å². The summed E-state index contributed by atoms with van der Waals surface area (Å²) in [4.78, 5) is 24.5. The molecule has 0 bridgehead atoms. The van der Waals surface area contributed by atoms with E-state index in [9.17, 15) is 22.8 Å². The quantitative estimate of drug-likeness (QED) is 0.865. The van der Waals surface area contributed by atoms with Crippen LogP contribution in [0.25, 0.3) is 0 Å². The Morgan fingerprint density at radius 1 is 1.32 bits per heavy atom. The SMILES string of the molecule is O=C(C[C@H]1Sc2ccc(C(F)(F)F)cc2NC1=O)NCc1ccco1. The molecule has 0 saturated carbocycles. The van der Waals surface area contributed by atoms with E-state index in [2.05, 4.69) is 10.6 Å². The van der Waals surface area contributed by atoms with Gasteiger partial charge in [-0.1, -0.05) is 0 Å². The molecule has 1 aromatic heterocycles. The van der Waals surface area contributed by atoms with E-state index in [0.29, 0.717) is 10.7 Å². The van der Waals surface area contributed by atoms with E-state index in [1.54, 1.807) is 12.1 Å². The highest BCUT2D eigenvalue weighted by Gasteiger charge is 2.34. The standard InChI is InChI=1S/C16H13F3N2O3S/c17-16(18,19)9-3-4-12-11(6-9)21-15(23)13(25-12)7-14(22)20-8-10-2-1-5-24-10/h1-6,13H,7-8H2,(H,20,22)(H,21,23)/t13-/m1/s1. The normalized spacial score (nSPS) is 16.9. The molecule has 0 spiro atoms. The minimum Gasteiger partial charge on any atom is -0.467 e. The predicted octanol–water partition coefficient (Wildman–Crippen LogP) is 3.42. The van der Waals surface area contributed by atoms with E-state index in [1.807, 2.05) is 0 Å². The van der Waals surface area contributed by atoms with Gasteiger partial charge in [0.15, 0.2) is 0 Å². The van der Waals surface area contributed by atoms with Crippen LogP contribution in [0.15, 0.2) is 45.9 Å². The molecule has 9 heteroatoms. The summed E-state index contributed by atoms with van der Waals surface area (Å²) >= 11 is 1.07. The summed E-state index contributed by atoms with van der Waals surface area (Å²) < 4.78 is 43.3. The first-order valence-electron chi connectivity index (χ1n) is 7.31. The first kappa shape index (κ1) is 17.4. The van der Waals surface area contributed by atoms with Crippen LogP contribution in [-0.2, 0) is 22.3 Å². The van der Waals surface area contributed by atoms with Crippen LogP contribution in [0.2, 0.25) is 0 Å². The second-order valence-corrected chi connectivity index (χ2v) is 6.61. The monoisotopic (exact) mass is 370 g/mol. The summed E-state index contributed by atoms with van der Waals surface area (Å²) in [5.41, 5.74) is -0.723. The molecular formula is C16H13F3N2O3S. The molecule has 1 aliphatic heterocycles. The van der Waals surface area contributed by atoms with Crippen LogP contribution < -0.4 is 10.6 Å². The Balaban J connectivity index is 1.63. The van der Waals surface area contributed by atoms with E-state index in [1.165, 1.54) is 12.3 Å². The minimum absolute atomic E-state index is 0.0856. The lowest BCUT2D eigenvalue weighted by Crippen LogP contribution is -2.34. The minimum atomic E-state index is -4.48. The predicted molar refractivity (Wildman–Crippen MR) is 84.9 cm³/mol. The maximum Gasteiger partial charge on any atom is 0.416 e. The fourth-order valence-electron chi connectivity index (χ4n) is 2.30. The molecule has 2 heterocycles. The van der Waals surface area contributed by atoms with Crippen molar-refractivity contribution in [1.29, 1.82) is 0 Å². The van der Waals surface area contributed by atoms with Crippen LogP contribution >= 0.6 is 11.8 Å². The molecule has 0 saturated heterocycles. The van der Waals surface area contributed by atoms with E-state index >= 15 is 0 Å². The van der Waals surface area contributed by atoms with Gasteiger partial charge in [0.1, 0.15) is 5.76 Å². The average Bonchev–Trinajstić information content (AvgIpc) is 3.06. The molecule has 2 amide bonds. The second-order valence-electron chi connectivity index (χ2n) is 5.36. The zero-order valence-corrected chi connectivity index (χ0v) is 13.5. The summed E-state index contributed by atoms with van der Waals surface area (Å²) in [5.74, 6) is -0.261. The van der Waals surface area contributed by atoms with Crippen LogP contribution in [0.5, 0.6) is 0 Å². The topological polar surface area (TPSA) is 71.3 Å². The molecule has 3 rings (SSSR count). The summed E-state index contributed by atoms with van der Waals surface area (Å²) in [5, 5.41) is 4.36. The van der Waals surface area contributed by atoms with Gasteiger partial charge in [-0.15, -0.1) is 11.8 Å². The number of alkyl halides is 3. The fraction of sp³-hybridized carbons (Fsp3) is 0.250. The number of hydrogen-bond donors (Lipinski definition) is 2. The molecule has 0 aliphatic carbocycles. The van der Waals surface area contributed by atoms with Gasteiger partial charge in [0.2, 0.25) is 11.8 Å². The Morgan fingerprint density at radius 2 is 2.12 bits per heavy atom. The molecule has 0 fully saturated rings. The zero-order valence-electron chi connectivity index (χ0n) is 12.7. The molecule has 2 N–H and O–H groups in total. The largest absolute Gasteiger partial charge is 0.467 e. The van der Waals surface area contributed by atoms with E-state index < -0.39 is 22.9 Å². The van der Waals surface area contributed by atoms with Gasteiger partial charge in [-0.2, -0.15) is 13.2 Å². The molecule has 0 unspecified atom stereocenters. The van der Waals surface area contributed by atoms with Gasteiger partial charge in [-0.25, -0.2) is 0 Å². The van der Waals surface area contributed by atoms with Crippen molar-refractivity contribution in [1.82, 2.24) is 5.32 Å². The summed E-state index contributed by atoms with van der Waals surface area (Å²) in [6.45, 7) is 0.205. The third kappa shape index (κ3) is 4.16. The highest BCUT2D eigenvalue weighted by molar-refractivity contribution is 8.01. The van der Waals surface area contributed by atoms with Crippen molar-refractivity contribution in [3.8, 4) is 0 Å². The number of fused-ring (bicyclic) bond motifs is 1. The number of hydrogen-bond acceptors (Lipinski definition) is 4. The highest BCUT2D eigenvalue weighted by atomic mass is 32.2. The van der Waals surface area contributed by atoms with Gasteiger partial charge in [-0.3, -0.25) is 9.59 Å². The second kappa shape index (κ2) is 6.83. The fourth-order valence-corrected chi connectivity index (χ4v) is 3.39. The third-order valence-electron chi connectivity index (χ3n) is 3.54. The van der Waals surface area contributed by atoms with Crippen molar-refractivity contribution >= 4 is 29.3 Å². The number of amides is 2. The molecule has 132 valence electrons. The lowest BCUT2D eigenvalue weighted by Gasteiger charge is -2.24. The van der Waals surface area contributed by atoms with Crippen LogP contribution in [0.1, 0.15) is 17.7 Å². The van der Waals surface area contributed by atoms with E-state index in [0.717, 1.165) is 23.9 Å². The van der Waals surface area contributed by atoms with Crippen molar-refractivity contribution in [2.75, 3.05) is 5.32 Å². The van der Waals surface area contributed by atoms with Gasteiger partial charge in [-0.05, 0) is 30.3 Å². The summed E-state index contributed by atoms with van der Waals surface area (Å²) in [6.07, 6.45) is -3.08. The maximum atomic E-state index is 12.7. The third-order valence-corrected chi connectivity index (χ3v) is 4.81. The Labute approximate surface area is 145 Å². The smallest absolute Gasteiger partial charge is 0.416 e. The molecule has 2 aromatic rings. The first-order chi connectivity index (χ1) is 11.8. The Hall–Kier alpha value is -2.42. The number of anilines is 1. The number of thioether (sulfide) groups is 1. The van der Waals surface area contributed by atoms with Gasteiger partial charge in [0.05, 0.1) is 29.3 Å². The number of rotatable bonds is 4.